The van der Waals surface area contributed by atoms with Crippen molar-refractivity contribution in [3.63, 3.8) is 0 Å². The van der Waals surface area contributed by atoms with E-state index in [1.807, 2.05) is 6.92 Å². The number of anilines is 1. The average Bonchev–Trinajstić information content (AvgIpc) is 3.18. The molecule has 0 aromatic carbocycles. The molecule has 1 aliphatic carbocycles. The van der Waals surface area contributed by atoms with Crippen LogP contribution in [0.5, 0.6) is 0 Å². The van der Waals surface area contributed by atoms with Crippen LogP contribution in [0.25, 0.3) is 0 Å². The predicted octanol–water partition coefficient (Wildman–Crippen LogP) is 2.68. The summed E-state index contributed by atoms with van der Waals surface area (Å²) in [6.07, 6.45) is 2.57. The largest absolute Gasteiger partial charge is 0.466 e. The fourth-order valence-electron chi connectivity index (χ4n) is 1.72. The average molecular weight is 284 g/mol. The number of hydrogen-bond acceptors (Lipinski definition) is 5. The van der Waals surface area contributed by atoms with E-state index in [1.165, 1.54) is 0 Å². The highest BCUT2D eigenvalue weighted by atomic mass is 35.5. The predicted molar refractivity (Wildman–Crippen MR) is 73.5 cm³/mol. The lowest BCUT2D eigenvalue weighted by atomic mass is 10.3. The van der Waals surface area contributed by atoms with Crippen LogP contribution in [0, 0.1) is 6.92 Å². The summed E-state index contributed by atoms with van der Waals surface area (Å²) in [6, 6.07) is 0. The molecule has 1 fully saturated rings. The Kier molecular flexibility index (Phi) is 4.58. The summed E-state index contributed by atoms with van der Waals surface area (Å²) in [5.74, 6) is 1.75. The fraction of sp³-hybridized carbons (Fsp3) is 0.615. The third kappa shape index (κ3) is 3.80. The number of aromatic nitrogens is 2. The summed E-state index contributed by atoms with van der Waals surface area (Å²) in [4.78, 5) is 20.0. The van der Waals surface area contributed by atoms with E-state index in [4.69, 9.17) is 16.3 Å². The normalized spacial score (nSPS) is 14.3. The molecule has 0 unspecified atom stereocenters. The van der Waals surface area contributed by atoms with Crippen molar-refractivity contribution in [1.29, 1.82) is 0 Å². The summed E-state index contributed by atoms with van der Waals surface area (Å²) >= 11 is 6.10. The van der Waals surface area contributed by atoms with Crippen LogP contribution in [-0.2, 0) is 9.53 Å². The summed E-state index contributed by atoms with van der Waals surface area (Å²) < 4.78 is 4.87. The van der Waals surface area contributed by atoms with Crippen molar-refractivity contribution in [2.75, 3.05) is 18.5 Å². The molecule has 1 aromatic rings. The summed E-state index contributed by atoms with van der Waals surface area (Å²) in [5, 5.41) is 3.61. The van der Waals surface area contributed by atoms with Crippen LogP contribution in [0.15, 0.2) is 0 Å². The summed E-state index contributed by atoms with van der Waals surface area (Å²) in [7, 11) is 0. The molecule has 0 bridgehead atoms. The monoisotopic (exact) mass is 283 g/mol. The first-order valence-corrected chi connectivity index (χ1v) is 6.93. The molecule has 0 saturated heterocycles. The number of hydrogen-bond donors (Lipinski definition) is 1. The molecule has 1 aliphatic rings. The zero-order valence-electron chi connectivity index (χ0n) is 11.2. The van der Waals surface area contributed by atoms with Gasteiger partial charge in [0.15, 0.2) is 0 Å². The van der Waals surface area contributed by atoms with Gasteiger partial charge in [0.1, 0.15) is 16.8 Å². The van der Waals surface area contributed by atoms with Crippen LogP contribution in [0.2, 0.25) is 5.15 Å². The van der Waals surface area contributed by atoms with Crippen LogP contribution in [0.4, 0.5) is 5.82 Å². The van der Waals surface area contributed by atoms with Gasteiger partial charge in [-0.15, -0.1) is 0 Å². The van der Waals surface area contributed by atoms with Gasteiger partial charge in [-0.3, -0.25) is 4.79 Å². The lowest BCUT2D eigenvalue weighted by Gasteiger charge is -2.11. The van der Waals surface area contributed by atoms with E-state index in [0.717, 1.165) is 24.2 Å². The highest BCUT2D eigenvalue weighted by Gasteiger charge is 2.27. The zero-order chi connectivity index (χ0) is 13.8. The van der Waals surface area contributed by atoms with Crippen molar-refractivity contribution in [3.05, 3.63) is 16.5 Å². The van der Waals surface area contributed by atoms with Crippen LogP contribution >= 0.6 is 11.6 Å². The van der Waals surface area contributed by atoms with Crippen molar-refractivity contribution in [1.82, 2.24) is 9.97 Å². The second-order valence-corrected chi connectivity index (χ2v) is 4.96. The number of esters is 1. The number of rotatable bonds is 6. The highest BCUT2D eigenvalue weighted by molar-refractivity contribution is 6.30. The lowest BCUT2D eigenvalue weighted by molar-refractivity contribution is -0.142. The molecule has 1 saturated carbocycles. The first-order valence-electron chi connectivity index (χ1n) is 6.55. The Labute approximate surface area is 117 Å². The zero-order valence-corrected chi connectivity index (χ0v) is 12.0. The quantitative estimate of drug-likeness (QED) is 0.642. The topological polar surface area (TPSA) is 64.1 Å². The summed E-state index contributed by atoms with van der Waals surface area (Å²) in [5.41, 5.74) is 0.815. The van der Waals surface area contributed by atoms with Crippen molar-refractivity contribution >= 4 is 23.4 Å². The molecule has 0 atom stereocenters. The van der Waals surface area contributed by atoms with E-state index >= 15 is 0 Å². The standard InChI is InChI=1S/C13H18ClN3O2/c1-3-19-10(18)6-7-15-12-8(2)11(14)16-13(17-12)9-4-5-9/h9H,3-7H2,1-2H3,(H,15,16,17). The molecule has 0 aliphatic heterocycles. The minimum absolute atomic E-state index is 0.213. The number of ether oxygens (including phenoxy) is 1. The molecule has 0 spiro atoms. The molecule has 0 radical (unpaired) electrons. The molecule has 1 aromatic heterocycles. The minimum Gasteiger partial charge on any atom is -0.466 e. The number of carbonyl (C=O) groups is 1. The highest BCUT2D eigenvalue weighted by Crippen LogP contribution is 2.39. The Morgan fingerprint density at radius 3 is 2.84 bits per heavy atom. The van der Waals surface area contributed by atoms with E-state index in [-0.39, 0.29) is 5.97 Å². The van der Waals surface area contributed by atoms with Gasteiger partial charge < -0.3 is 10.1 Å². The first-order chi connectivity index (χ1) is 9.11. The minimum atomic E-state index is -0.213. The van der Waals surface area contributed by atoms with Crippen molar-refractivity contribution in [2.45, 2.75) is 39.0 Å². The van der Waals surface area contributed by atoms with Crippen molar-refractivity contribution in [3.8, 4) is 0 Å². The Bertz CT molecular complexity index is 475. The molecule has 104 valence electrons. The third-order valence-electron chi connectivity index (χ3n) is 2.97. The van der Waals surface area contributed by atoms with E-state index in [2.05, 4.69) is 15.3 Å². The van der Waals surface area contributed by atoms with Gasteiger partial charge in [-0.05, 0) is 26.7 Å². The molecule has 2 rings (SSSR count). The molecular weight excluding hydrogens is 266 g/mol. The number of halogens is 1. The first kappa shape index (κ1) is 14.1. The van der Waals surface area contributed by atoms with Crippen LogP contribution in [0.3, 0.4) is 0 Å². The third-order valence-corrected chi connectivity index (χ3v) is 3.34. The molecule has 0 amide bonds. The maximum absolute atomic E-state index is 11.2. The summed E-state index contributed by atoms with van der Waals surface area (Å²) in [6.45, 7) is 4.55. The number of nitrogens with zero attached hydrogens (tertiary/aromatic N) is 2. The molecule has 6 heteroatoms. The SMILES string of the molecule is CCOC(=O)CCNc1nc(C2CC2)nc(Cl)c1C. The van der Waals surface area contributed by atoms with Crippen molar-refractivity contribution in [2.24, 2.45) is 0 Å². The van der Waals surface area contributed by atoms with E-state index in [0.29, 0.717) is 36.5 Å². The Morgan fingerprint density at radius 2 is 2.21 bits per heavy atom. The Morgan fingerprint density at radius 1 is 1.47 bits per heavy atom. The van der Waals surface area contributed by atoms with E-state index in [1.54, 1.807) is 6.92 Å². The number of carbonyl (C=O) groups excluding carboxylic acids is 1. The van der Waals surface area contributed by atoms with Gasteiger partial charge in [0.05, 0.1) is 13.0 Å². The second-order valence-electron chi connectivity index (χ2n) is 4.60. The van der Waals surface area contributed by atoms with Crippen LogP contribution in [0.1, 0.15) is 43.5 Å². The molecule has 1 N–H and O–H groups in total. The van der Waals surface area contributed by atoms with Gasteiger partial charge in [0.2, 0.25) is 0 Å². The molecule has 5 nitrogen and oxygen atoms in total. The van der Waals surface area contributed by atoms with Gasteiger partial charge in [-0.25, -0.2) is 9.97 Å². The smallest absolute Gasteiger partial charge is 0.307 e. The molecule has 1 heterocycles. The van der Waals surface area contributed by atoms with Crippen LogP contribution < -0.4 is 5.32 Å². The Balaban J connectivity index is 1.97. The maximum atomic E-state index is 11.2. The van der Waals surface area contributed by atoms with Gasteiger partial charge >= 0.3 is 5.97 Å². The van der Waals surface area contributed by atoms with Gasteiger partial charge in [-0.2, -0.15) is 0 Å². The van der Waals surface area contributed by atoms with E-state index in [9.17, 15) is 4.79 Å². The van der Waals surface area contributed by atoms with Gasteiger partial charge in [0, 0.05) is 18.0 Å². The lowest BCUT2D eigenvalue weighted by Crippen LogP contribution is -2.13. The Hall–Kier alpha value is -1.36. The van der Waals surface area contributed by atoms with E-state index < -0.39 is 0 Å². The molecule has 19 heavy (non-hydrogen) atoms. The number of nitrogens with one attached hydrogen (secondary N) is 1. The van der Waals surface area contributed by atoms with Crippen LogP contribution in [-0.4, -0.2) is 29.1 Å². The van der Waals surface area contributed by atoms with Gasteiger partial charge in [0.25, 0.3) is 0 Å². The second kappa shape index (κ2) is 6.19. The fourth-order valence-corrected chi connectivity index (χ4v) is 1.89. The maximum Gasteiger partial charge on any atom is 0.307 e. The van der Waals surface area contributed by atoms with Crippen molar-refractivity contribution < 1.29 is 9.53 Å². The molecular formula is C13H18ClN3O2. The van der Waals surface area contributed by atoms with Gasteiger partial charge in [-0.1, -0.05) is 11.6 Å².